The number of imidazole rings is 1. The number of fused-ring (bicyclic) bond motifs is 1. The van der Waals surface area contributed by atoms with E-state index in [4.69, 9.17) is 5.73 Å². The van der Waals surface area contributed by atoms with Crippen molar-refractivity contribution in [3.63, 3.8) is 0 Å². The molecule has 4 aromatic rings. The van der Waals surface area contributed by atoms with Gasteiger partial charge in [0.05, 0.1) is 17.4 Å². The molecule has 2 aromatic heterocycles. The van der Waals surface area contributed by atoms with Crippen molar-refractivity contribution in [2.24, 2.45) is 5.73 Å². The summed E-state index contributed by atoms with van der Waals surface area (Å²) < 4.78 is 15.3. The fraction of sp³-hybridized carbons (Fsp3) is 0.231. The maximum atomic E-state index is 13.9. The number of nitrogens with zero attached hydrogens (tertiary/aromatic N) is 3. The number of hydrogen-bond acceptors (Lipinski definition) is 7. The number of amides is 1. The number of carboxylic acids is 1. The normalized spacial score (nSPS) is 17.4. The van der Waals surface area contributed by atoms with Gasteiger partial charge in [-0.3, -0.25) is 4.79 Å². The van der Waals surface area contributed by atoms with Gasteiger partial charge in [-0.05, 0) is 56.0 Å². The minimum Gasteiger partial charge on any atom is -0.478 e. The lowest BCUT2D eigenvalue weighted by Gasteiger charge is -2.27. The first-order valence-corrected chi connectivity index (χ1v) is 11.9. The summed E-state index contributed by atoms with van der Waals surface area (Å²) in [6, 6.07) is 14.9. The molecule has 0 atom stereocenters. The fourth-order valence-corrected chi connectivity index (χ4v) is 4.42. The Kier molecular flexibility index (Phi) is 6.69. The quantitative estimate of drug-likeness (QED) is 0.252. The molecule has 5 rings (SSSR count). The largest absolute Gasteiger partial charge is 0.478 e. The molecule has 37 heavy (non-hydrogen) atoms. The van der Waals surface area contributed by atoms with Gasteiger partial charge in [0.2, 0.25) is 0 Å². The fourth-order valence-electron chi connectivity index (χ4n) is 4.42. The van der Waals surface area contributed by atoms with E-state index in [1.807, 2.05) is 36.4 Å². The molecule has 0 aliphatic heterocycles. The lowest BCUT2D eigenvalue weighted by Crippen LogP contribution is -2.33. The summed E-state index contributed by atoms with van der Waals surface area (Å²) in [5, 5.41) is 23.2. The Morgan fingerprint density at radius 3 is 2.51 bits per heavy atom. The Morgan fingerprint density at radius 2 is 1.78 bits per heavy atom. The van der Waals surface area contributed by atoms with Gasteiger partial charge in [0.15, 0.2) is 11.3 Å². The molecule has 1 aliphatic carbocycles. The van der Waals surface area contributed by atoms with Crippen LogP contribution in [0.1, 0.15) is 46.5 Å². The van der Waals surface area contributed by atoms with E-state index in [0.717, 1.165) is 43.5 Å². The molecule has 1 fully saturated rings. The number of carboxylic acid groups (broad SMARTS) is 1. The maximum Gasteiger partial charge on any atom is 0.335 e. The monoisotopic (exact) mass is 503 g/mol. The van der Waals surface area contributed by atoms with Crippen molar-refractivity contribution in [3.05, 3.63) is 77.9 Å². The number of para-hydroxylation sites is 1. The van der Waals surface area contributed by atoms with E-state index >= 15 is 0 Å². The van der Waals surface area contributed by atoms with Gasteiger partial charge in [0, 0.05) is 29.5 Å². The van der Waals surface area contributed by atoms with Crippen molar-refractivity contribution in [1.29, 1.82) is 0 Å². The van der Waals surface area contributed by atoms with Gasteiger partial charge in [-0.2, -0.15) is 0 Å². The van der Waals surface area contributed by atoms with E-state index in [9.17, 15) is 19.1 Å². The predicted octanol–water partition coefficient (Wildman–Crippen LogP) is 4.24. The van der Waals surface area contributed by atoms with Crippen LogP contribution in [0.25, 0.3) is 5.65 Å². The minimum atomic E-state index is -1.30. The highest BCUT2D eigenvalue weighted by Crippen LogP contribution is 2.27. The maximum absolute atomic E-state index is 13.9. The van der Waals surface area contributed by atoms with Crippen LogP contribution in [0, 0.1) is 5.82 Å². The third kappa shape index (κ3) is 5.51. The first kappa shape index (κ1) is 24.2. The third-order valence-electron chi connectivity index (χ3n) is 6.28. The number of carbonyl (C=O) groups excluding carboxylic acids is 1. The van der Waals surface area contributed by atoms with Gasteiger partial charge in [0.1, 0.15) is 11.6 Å². The average Bonchev–Trinajstić information content (AvgIpc) is 3.30. The van der Waals surface area contributed by atoms with Crippen LogP contribution in [0.3, 0.4) is 0 Å². The molecule has 2 aromatic carbocycles. The summed E-state index contributed by atoms with van der Waals surface area (Å²) in [7, 11) is 0. The average molecular weight is 504 g/mol. The molecule has 1 aliphatic rings. The number of hydrogen-bond donors (Lipinski definition) is 5. The molecule has 0 unspecified atom stereocenters. The van der Waals surface area contributed by atoms with Crippen LogP contribution in [-0.2, 0) is 0 Å². The van der Waals surface area contributed by atoms with Gasteiger partial charge >= 0.3 is 5.97 Å². The first-order valence-electron chi connectivity index (χ1n) is 11.9. The van der Waals surface area contributed by atoms with E-state index < -0.39 is 17.7 Å². The number of rotatable bonds is 7. The second-order valence-corrected chi connectivity index (χ2v) is 9.06. The van der Waals surface area contributed by atoms with Crippen LogP contribution in [0.2, 0.25) is 0 Å². The van der Waals surface area contributed by atoms with E-state index in [0.29, 0.717) is 17.2 Å². The number of carbonyl (C=O) groups is 2. The first-order chi connectivity index (χ1) is 17.9. The van der Waals surface area contributed by atoms with Crippen molar-refractivity contribution in [2.45, 2.75) is 37.8 Å². The number of nitrogens with one attached hydrogen (secondary N) is 3. The number of aromatic nitrogens is 3. The van der Waals surface area contributed by atoms with Crippen molar-refractivity contribution in [1.82, 2.24) is 14.6 Å². The highest BCUT2D eigenvalue weighted by molar-refractivity contribution is 6.04. The van der Waals surface area contributed by atoms with Crippen molar-refractivity contribution < 1.29 is 19.1 Å². The van der Waals surface area contributed by atoms with E-state index in [-0.39, 0.29) is 29.0 Å². The van der Waals surface area contributed by atoms with Gasteiger partial charge in [-0.25, -0.2) is 18.7 Å². The number of aromatic carboxylic acids is 1. The molecule has 10 nitrogen and oxygen atoms in total. The topological polar surface area (TPSA) is 147 Å². The second kappa shape index (κ2) is 10.2. The van der Waals surface area contributed by atoms with Crippen molar-refractivity contribution in [3.8, 4) is 0 Å². The summed E-state index contributed by atoms with van der Waals surface area (Å²) in [4.78, 5) is 28.8. The van der Waals surface area contributed by atoms with Gasteiger partial charge in [-0.15, -0.1) is 5.10 Å². The van der Waals surface area contributed by atoms with Gasteiger partial charge < -0.3 is 26.8 Å². The molecule has 2 heterocycles. The smallest absolute Gasteiger partial charge is 0.335 e. The Bertz CT molecular complexity index is 1450. The van der Waals surface area contributed by atoms with Crippen LogP contribution in [-0.4, -0.2) is 43.7 Å². The van der Waals surface area contributed by atoms with Crippen LogP contribution in [0.4, 0.5) is 27.3 Å². The van der Waals surface area contributed by atoms with E-state index in [1.54, 1.807) is 0 Å². The lowest BCUT2D eigenvalue weighted by molar-refractivity contribution is 0.0696. The molecule has 190 valence electrons. The van der Waals surface area contributed by atoms with Gasteiger partial charge in [0.25, 0.3) is 5.91 Å². The lowest BCUT2D eigenvalue weighted by atomic mass is 9.92. The molecule has 1 amide bonds. The molecule has 0 spiro atoms. The third-order valence-corrected chi connectivity index (χ3v) is 6.28. The molecule has 0 bridgehead atoms. The number of benzene rings is 2. The SMILES string of the molecule is NC1CCC(Nc2cc(Nc3ccccc3)c3ncc(C(=O)Nc4cc(F)cc(C(=O)O)c4)n3n2)CC1. The molecule has 0 radical (unpaired) electrons. The van der Waals surface area contributed by atoms with E-state index in [2.05, 4.69) is 26.0 Å². The molecular weight excluding hydrogens is 477 g/mol. The number of halogens is 1. The van der Waals surface area contributed by atoms with Gasteiger partial charge in [-0.1, -0.05) is 18.2 Å². The highest BCUT2D eigenvalue weighted by atomic mass is 19.1. The zero-order valence-electron chi connectivity index (χ0n) is 19.8. The minimum absolute atomic E-state index is 0.00723. The number of anilines is 4. The van der Waals surface area contributed by atoms with Crippen molar-refractivity contribution >= 4 is 40.4 Å². The Hall–Kier alpha value is -4.51. The van der Waals surface area contributed by atoms with E-state index in [1.165, 1.54) is 16.8 Å². The molecular formula is C26H26FN7O3. The summed E-state index contributed by atoms with van der Waals surface area (Å²) in [6.45, 7) is 0. The summed E-state index contributed by atoms with van der Waals surface area (Å²) >= 11 is 0. The van der Waals surface area contributed by atoms with Crippen LogP contribution in [0.5, 0.6) is 0 Å². The van der Waals surface area contributed by atoms with Crippen LogP contribution < -0.4 is 21.7 Å². The summed E-state index contributed by atoms with van der Waals surface area (Å²) in [6.07, 6.45) is 5.02. The molecule has 1 saturated carbocycles. The standard InChI is InChI=1S/C26H26FN7O3/c27-16-10-15(26(36)37)11-20(12-16)32-25(35)22-14-29-24-21(30-18-4-2-1-3-5-18)13-23(33-34(22)24)31-19-8-6-17(28)7-9-19/h1-5,10-14,17,19,30H,6-9,28H2,(H,31,33)(H,32,35)(H,36,37). The predicted molar refractivity (Wildman–Crippen MR) is 138 cm³/mol. The molecule has 11 heteroatoms. The Labute approximate surface area is 211 Å². The van der Waals surface area contributed by atoms with Crippen LogP contribution in [0.15, 0.2) is 60.8 Å². The number of nitrogens with two attached hydrogens (primary N) is 1. The second-order valence-electron chi connectivity index (χ2n) is 9.06. The Balaban J connectivity index is 1.49. The summed E-state index contributed by atoms with van der Waals surface area (Å²) in [5.74, 6) is -2.15. The van der Waals surface area contributed by atoms with Crippen molar-refractivity contribution in [2.75, 3.05) is 16.0 Å². The summed E-state index contributed by atoms with van der Waals surface area (Å²) in [5.41, 5.74) is 7.75. The molecule has 6 N–H and O–H groups in total. The Morgan fingerprint density at radius 1 is 1.03 bits per heavy atom. The molecule has 0 saturated heterocycles. The zero-order chi connectivity index (χ0) is 25.9. The van der Waals surface area contributed by atoms with Crippen LogP contribution >= 0.6 is 0 Å². The zero-order valence-corrected chi connectivity index (χ0v) is 19.8. The highest BCUT2D eigenvalue weighted by Gasteiger charge is 2.22.